The molecule has 1 saturated heterocycles. The van der Waals surface area contributed by atoms with Crippen molar-refractivity contribution in [3.63, 3.8) is 0 Å². The van der Waals surface area contributed by atoms with Gasteiger partial charge >= 0.3 is 0 Å². The Labute approximate surface area is 420 Å². The summed E-state index contributed by atoms with van der Waals surface area (Å²) in [5.41, 5.74) is 6.03. The largest absolute Gasteiger partial charge is 0.492 e. The molecule has 24 heteroatoms. The number of nitrogens with zero attached hydrogens (tertiary/aromatic N) is 2. The molecule has 1 fully saturated rings. The number of nitrogens with two attached hydrogens (primary N) is 1. The number of Topliss-reactive ketones (excluding diaryl/α,β-unsaturated/α-hetero) is 2. The summed E-state index contributed by atoms with van der Waals surface area (Å²) in [5.74, 6) is -13.0. The number of benzene rings is 1. The van der Waals surface area contributed by atoms with E-state index >= 15 is 0 Å². The molecule has 398 valence electrons. The molecule has 2 bridgehead atoms. The highest BCUT2D eigenvalue weighted by molar-refractivity contribution is 7.85. The number of rotatable bonds is 11. The van der Waals surface area contributed by atoms with E-state index in [1.165, 1.54) is 6.92 Å². The molecule has 72 heavy (non-hydrogen) atoms. The first kappa shape index (κ1) is 57.1. The molecule has 1 aromatic heterocycles. The Kier molecular flexibility index (Phi) is 19.6. The maximum Gasteiger partial charge on any atom is 0.243 e. The summed E-state index contributed by atoms with van der Waals surface area (Å²) in [6.07, 6.45) is -5.46. The highest BCUT2D eigenvalue weighted by Crippen LogP contribution is 2.33. The number of amides is 7. The summed E-state index contributed by atoms with van der Waals surface area (Å²) in [7, 11) is -0.351. The Morgan fingerprint density at radius 3 is 2.24 bits per heavy atom. The Morgan fingerprint density at radius 1 is 0.931 bits per heavy atom. The third-order valence-corrected chi connectivity index (χ3v) is 15.4. The van der Waals surface area contributed by atoms with Gasteiger partial charge in [-0.15, -0.1) is 0 Å². The van der Waals surface area contributed by atoms with Crippen LogP contribution in [0.4, 0.5) is 0 Å². The number of H-pyrrole nitrogens is 1. The van der Waals surface area contributed by atoms with Gasteiger partial charge in [0.15, 0.2) is 11.6 Å². The number of aliphatic hydroxyl groups is 3. The van der Waals surface area contributed by atoms with E-state index < -0.39 is 175 Å². The maximum atomic E-state index is 15.0. The summed E-state index contributed by atoms with van der Waals surface area (Å²) in [6.45, 7) is 9.09. The molecule has 23 nitrogen and oxygen atoms in total. The summed E-state index contributed by atoms with van der Waals surface area (Å²) in [4.78, 5) is 132. The number of ether oxygens (including phenoxy) is 1. The number of fused-ring (bicyclic) bond motifs is 5. The molecule has 11 atom stereocenters. The van der Waals surface area contributed by atoms with Gasteiger partial charge in [0.1, 0.15) is 29.5 Å². The second-order valence-electron chi connectivity index (χ2n) is 20.2. The Balaban J connectivity index is 1.73. The Morgan fingerprint density at radius 2 is 1.60 bits per heavy atom. The molecule has 3 aliphatic heterocycles. The monoisotopic (exact) mass is 1030 g/mol. The minimum Gasteiger partial charge on any atom is -0.492 e. The second-order valence-corrected chi connectivity index (χ2v) is 21.6. The molecule has 11 N–H and O–H groups in total. The van der Waals surface area contributed by atoms with Gasteiger partial charge in [-0.2, -0.15) is 0 Å². The quantitative estimate of drug-likeness (QED) is 0.113. The van der Waals surface area contributed by atoms with Crippen LogP contribution in [0.15, 0.2) is 23.2 Å². The topological polar surface area (TPSA) is 349 Å². The van der Waals surface area contributed by atoms with E-state index in [0.717, 1.165) is 4.90 Å². The van der Waals surface area contributed by atoms with E-state index in [9.17, 15) is 62.7 Å². The third kappa shape index (κ3) is 14.4. The number of likely N-dealkylation sites (N-methyl/N-ethyl adjacent to an activating group) is 1. The van der Waals surface area contributed by atoms with Crippen LogP contribution in [0.2, 0.25) is 0 Å². The van der Waals surface area contributed by atoms with Gasteiger partial charge in [0.2, 0.25) is 41.4 Å². The van der Waals surface area contributed by atoms with Gasteiger partial charge in [-0.25, -0.2) is 0 Å². The van der Waals surface area contributed by atoms with Crippen LogP contribution in [0.5, 0.6) is 5.75 Å². The third-order valence-electron chi connectivity index (χ3n) is 13.9. The molecule has 4 heterocycles. The van der Waals surface area contributed by atoms with Gasteiger partial charge in [-0.05, 0) is 57.9 Å². The number of carbonyl (C=O) groups excluding carboxylic acids is 9. The number of aliphatic hydroxyl groups excluding tert-OH is 3. The van der Waals surface area contributed by atoms with Gasteiger partial charge < -0.3 is 62.3 Å². The van der Waals surface area contributed by atoms with Gasteiger partial charge in [0, 0.05) is 67.6 Å². The molecule has 0 aliphatic carbocycles. The molecule has 0 saturated carbocycles. The van der Waals surface area contributed by atoms with E-state index in [-0.39, 0.29) is 35.6 Å². The van der Waals surface area contributed by atoms with Crippen molar-refractivity contribution in [2.24, 2.45) is 29.4 Å². The zero-order valence-electron chi connectivity index (χ0n) is 41.9. The number of nitrogens with one attached hydrogen (secondary N) is 6. The number of aromatic amines is 1. The van der Waals surface area contributed by atoms with Crippen molar-refractivity contribution < 1.29 is 67.4 Å². The van der Waals surface area contributed by atoms with Gasteiger partial charge in [0.05, 0.1) is 72.0 Å². The van der Waals surface area contributed by atoms with E-state index in [2.05, 4.69) is 57.2 Å². The fraction of sp³-hybridized carbons (Fsp3) is 0.646. The van der Waals surface area contributed by atoms with E-state index in [1.807, 2.05) is 7.05 Å². The number of ketones is 2. The van der Waals surface area contributed by atoms with Crippen molar-refractivity contribution in [2.45, 2.75) is 127 Å². The first-order valence-electron chi connectivity index (χ1n) is 24.3. The van der Waals surface area contributed by atoms with Crippen LogP contribution in [-0.2, 0) is 60.4 Å². The number of hydrogen-bond donors (Lipinski definition) is 10. The van der Waals surface area contributed by atoms with Crippen LogP contribution in [0.3, 0.4) is 0 Å². The average Bonchev–Trinajstić information content (AvgIpc) is 3.90. The lowest BCUT2D eigenvalue weighted by atomic mass is 9.85. The van der Waals surface area contributed by atoms with Crippen molar-refractivity contribution in [3.8, 4) is 5.75 Å². The highest BCUT2D eigenvalue weighted by atomic mass is 32.2. The van der Waals surface area contributed by atoms with Crippen LogP contribution in [-0.4, -0.2) is 181 Å². The zero-order valence-corrected chi connectivity index (χ0v) is 42.7. The molecular formula is C48H71N9O14S. The molecule has 1 aromatic carbocycles. The lowest BCUT2D eigenvalue weighted by Gasteiger charge is -2.32. The summed E-state index contributed by atoms with van der Waals surface area (Å²) >= 11 is 0. The Bertz CT molecular complexity index is 2410. The highest BCUT2D eigenvalue weighted by Gasteiger charge is 2.45. The molecule has 0 spiro atoms. The molecule has 5 rings (SSSR count). The van der Waals surface area contributed by atoms with Crippen molar-refractivity contribution in [1.82, 2.24) is 41.4 Å². The van der Waals surface area contributed by atoms with Crippen molar-refractivity contribution in [1.29, 1.82) is 0 Å². The predicted molar refractivity (Wildman–Crippen MR) is 261 cm³/mol. The van der Waals surface area contributed by atoms with Crippen molar-refractivity contribution in [3.05, 3.63) is 23.8 Å². The molecule has 0 radical (unpaired) electrons. The number of hydrogen-bond acceptors (Lipinski definition) is 15. The standard InChI is InChI=1S/C48H71N9O14S/c1-8-24(2)41-45(68)51-19-39(64)52-33-23-72(70)46-31(30-10-9-29(18-32(30)53-46)71-12-11-56(7)48(4,5)6)13-26(43(66)50-20-40(65)54-41)14-36(61)42(25(3)37(62)22-58)55-44(67)34-17-28(59)21-57(34)47(69)27(15-35(33)60)16-38(49)63/h9-10,18,24-28,33-34,37,41-42,53,58-59,62H,8,11-17,19-23H2,1-7H3,(H2,49,63)(H,50,66)(H,51,68)(H,52,64)(H,54,65)(H,55,67)/t24-,25-,26+,27-,28+,33-,34-,37-,41-,42-,72?/m0/s1. The first-order valence-corrected chi connectivity index (χ1v) is 25.6. The summed E-state index contributed by atoms with van der Waals surface area (Å²) in [6, 6.07) is -1.09. The molecule has 2 aromatic rings. The van der Waals surface area contributed by atoms with Gasteiger partial charge in [-0.3, -0.25) is 52.3 Å². The lowest BCUT2D eigenvalue weighted by Crippen LogP contribution is -2.56. The smallest absolute Gasteiger partial charge is 0.243 e. The molecule has 7 amide bonds. The van der Waals surface area contributed by atoms with Crippen LogP contribution in [0.25, 0.3) is 10.9 Å². The maximum absolute atomic E-state index is 15.0. The Hall–Kier alpha value is -5.82. The summed E-state index contributed by atoms with van der Waals surface area (Å²) in [5, 5.41) is 44.8. The summed E-state index contributed by atoms with van der Waals surface area (Å²) < 4.78 is 21.1. The minimum atomic E-state index is -2.30. The van der Waals surface area contributed by atoms with E-state index in [0.29, 0.717) is 29.6 Å². The minimum absolute atomic E-state index is 0.0378. The second kappa shape index (κ2) is 24.7. The number of aromatic nitrogens is 1. The van der Waals surface area contributed by atoms with Crippen LogP contribution >= 0.6 is 0 Å². The van der Waals surface area contributed by atoms with E-state index in [4.69, 9.17) is 10.5 Å². The first-order chi connectivity index (χ1) is 33.8. The van der Waals surface area contributed by atoms with Gasteiger partial charge in [0.25, 0.3) is 0 Å². The molecule has 1 unspecified atom stereocenters. The van der Waals surface area contributed by atoms with Crippen LogP contribution in [0, 0.1) is 23.7 Å². The number of primary amides is 1. The fourth-order valence-electron chi connectivity index (χ4n) is 8.98. The number of carbonyl (C=O) groups is 9. The van der Waals surface area contributed by atoms with Crippen molar-refractivity contribution >= 4 is 74.6 Å². The molecular weight excluding hydrogens is 959 g/mol. The fourth-order valence-corrected chi connectivity index (χ4v) is 10.4. The lowest BCUT2D eigenvalue weighted by molar-refractivity contribution is -0.145. The average molecular weight is 1030 g/mol. The van der Waals surface area contributed by atoms with Gasteiger partial charge in [-0.1, -0.05) is 27.2 Å². The normalized spacial score (nSPS) is 27.2. The van der Waals surface area contributed by atoms with Crippen LogP contribution < -0.4 is 37.1 Å². The SMILES string of the molecule is CC[C@H](C)[C@@H]1NC(=O)CNC(=O)[C@H]2CC(=O)[C@H]([C@@H](C)[C@@H](O)CO)NC(=O)[C@@H]3C[C@@H](O)CN3C(=O)[C@H](CC(N)=O)CC(=O)[C@H](CS(=O)c3[nH]c4cc(OCCN(C)C(C)(C)C)ccc4c3C2)NC(=O)CNC1=O. The predicted octanol–water partition coefficient (Wildman–Crippen LogP) is -2.34. The molecule has 3 aliphatic rings. The van der Waals surface area contributed by atoms with E-state index in [1.54, 1.807) is 32.0 Å². The van der Waals surface area contributed by atoms with Crippen molar-refractivity contribution in [2.75, 3.05) is 52.2 Å². The van der Waals surface area contributed by atoms with Crippen LogP contribution in [0.1, 0.15) is 79.2 Å². The zero-order chi connectivity index (χ0) is 53.4.